The highest BCUT2D eigenvalue weighted by Crippen LogP contribution is 2.29. The minimum atomic E-state index is -0.279. The smallest absolute Gasteiger partial charge is 0.254 e. The van der Waals surface area contributed by atoms with Gasteiger partial charge in [-0.3, -0.25) is 14.9 Å². The summed E-state index contributed by atoms with van der Waals surface area (Å²) < 4.78 is 0. The normalized spacial score (nSPS) is 17.5. The lowest BCUT2D eigenvalue weighted by Gasteiger charge is -2.32. The zero-order chi connectivity index (χ0) is 18.5. The zero-order valence-corrected chi connectivity index (χ0v) is 15.3. The predicted octanol–water partition coefficient (Wildman–Crippen LogP) is 3.71. The van der Waals surface area contributed by atoms with Crippen molar-refractivity contribution < 1.29 is 9.59 Å². The molecule has 2 aromatic carbocycles. The minimum Gasteiger partial charge on any atom is -0.366 e. The number of fused-ring (bicyclic) bond motifs is 1. The lowest BCUT2D eigenvalue weighted by molar-refractivity contribution is -0.124. The van der Waals surface area contributed by atoms with Crippen LogP contribution in [0.25, 0.3) is 6.08 Å². The maximum Gasteiger partial charge on any atom is 0.254 e. The Hall–Kier alpha value is -2.88. The van der Waals surface area contributed by atoms with Crippen LogP contribution in [0, 0.1) is 0 Å². The number of carbonyl (C=O) groups is 2. The molecule has 2 aliphatic heterocycles. The number of para-hydroxylation sites is 1. The monoisotopic (exact) mass is 348 g/mol. The molecule has 0 atom stereocenters. The number of rotatable bonds is 2. The molecule has 4 heteroatoms. The molecule has 2 heterocycles. The highest BCUT2D eigenvalue weighted by molar-refractivity contribution is 6.15. The molecule has 0 unspecified atom stereocenters. The van der Waals surface area contributed by atoms with E-state index in [2.05, 4.69) is 40.5 Å². The quantitative estimate of drug-likeness (QED) is 0.665. The van der Waals surface area contributed by atoms with Gasteiger partial charge in [-0.2, -0.15) is 0 Å². The van der Waals surface area contributed by atoms with Crippen LogP contribution >= 0.6 is 0 Å². The van der Waals surface area contributed by atoms with E-state index >= 15 is 0 Å². The van der Waals surface area contributed by atoms with Crippen LogP contribution in [0.15, 0.2) is 54.1 Å². The Bertz CT molecular complexity index is 855. The molecule has 4 rings (SSSR count). The van der Waals surface area contributed by atoms with E-state index in [1.807, 2.05) is 38.1 Å². The van der Waals surface area contributed by atoms with Gasteiger partial charge in [0.2, 0.25) is 5.91 Å². The van der Waals surface area contributed by atoms with E-state index in [1.165, 1.54) is 11.1 Å². The van der Waals surface area contributed by atoms with Gasteiger partial charge < -0.3 is 4.90 Å². The number of benzene rings is 2. The maximum atomic E-state index is 11.8. The molecule has 26 heavy (non-hydrogen) atoms. The molecule has 4 nitrogen and oxygen atoms in total. The van der Waals surface area contributed by atoms with Crippen molar-refractivity contribution in [1.82, 2.24) is 5.32 Å². The van der Waals surface area contributed by atoms with Crippen LogP contribution < -0.4 is 10.2 Å². The SMILES string of the molecule is CC.O=C1C/C(=C\c2ccccc2N2CCc3ccccc3C2)C(=O)N1. The fourth-order valence-corrected chi connectivity index (χ4v) is 3.41. The Balaban J connectivity index is 0.000000948. The van der Waals surface area contributed by atoms with Crippen molar-refractivity contribution in [3.63, 3.8) is 0 Å². The number of hydrogen-bond acceptors (Lipinski definition) is 3. The van der Waals surface area contributed by atoms with Gasteiger partial charge in [-0.1, -0.05) is 56.3 Å². The van der Waals surface area contributed by atoms with Crippen LogP contribution in [-0.4, -0.2) is 18.4 Å². The average molecular weight is 348 g/mol. The second kappa shape index (κ2) is 8.00. The van der Waals surface area contributed by atoms with Crippen molar-refractivity contribution in [2.75, 3.05) is 11.4 Å². The van der Waals surface area contributed by atoms with Crippen molar-refractivity contribution in [3.8, 4) is 0 Å². The largest absolute Gasteiger partial charge is 0.366 e. The first kappa shape index (κ1) is 17.9. The second-order valence-electron chi connectivity index (χ2n) is 6.22. The molecule has 0 spiro atoms. The number of nitrogens with zero attached hydrogens (tertiary/aromatic N) is 1. The Morgan fingerprint density at radius 2 is 1.65 bits per heavy atom. The first-order valence-corrected chi connectivity index (χ1v) is 9.16. The summed E-state index contributed by atoms with van der Waals surface area (Å²) in [5, 5.41) is 2.34. The summed E-state index contributed by atoms with van der Waals surface area (Å²) in [5.41, 5.74) is 5.37. The zero-order valence-electron chi connectivity index (χ0n) is 15.3. The summed E-state index contributed by atoms with van der Waals surface area (Å²) in [5.74, 6) is -0.505. The van der Waals surface area contributed by atoms with E-state index < -0.39 is 0 Å². The van der Waals surface area contributed by atoms with Gasteiger partial charge in [0.25, 0.3) is 5.91 Å². The van der Waals surface area contributed by atoms with Crippen LogP contribution in [0.4, 0.5) is 5.69 Å². The molecule has 1 fully saturated rings. The summed E-state index contributed by atoms with van der Waals surface area (Å²) >= 11 is 0. The summed E-state index contributed by atoms with van der Waals surface area (Å²) in [6.07, 6.45) is 3.02. The minimum absolute atomic E-state index is 0.163. The highest BCUT2D eigenvalue weighted by atomic mass is 16.2. The number of amides is 2. The Kier molecular flexibility index (Phi) is 5.52. The van der Waals surface area contributed by atoms with Gasteiger partial charge in [-0.05, 0) is 35.3 Å². The van der Waals surface area contributed by atoms with Gasteiger partial charge in [0, 0.05) is 24.4 Å². The van der Waals surface area contributed by atoms with Crippen LogP contribution in [0.1, 0.15) is 37.0 Å². The summed E-state index contributed by atoms with van der Waals surface area (Å²) in [6.45, 7) is 5.81. The van der Waals surface area contributed by atoms with Gasteiger partial charge in [-0.15, -0.1) is 0 Å². The van der Waals surface area contributed by atoms with Gasteiger partial charge in [-0.25, -0.2) is 0 Å². The van der Waals surface area contributed by atoms with Gasteiger partial charge in [0.15, 0.2) is 0 Å². The van der Waals surface area contributed by atoms with Crippen molar-refractivity contribution in [1.29, 1.82) is 0 Å². The highest BCUT2D eigenvalue weighted by Gasteiger charge is 2.24. The summed E-state index contributed by atoms with van der Waals surface area (Å²) in [7, 11) is 0. The molecule has 0 radical (unpaired) electrons. The topological polar surface area (TPSA) is 49.4 Å². The van der Waals surface area contributed by atoms with Gasteiger partial charge in [0.05, 0.1) is 6.42 Å². The average Bonchev–Trinajstić information content (AvgIpc) is 3.00. The van der Waals surface area contributed by atoms with Crippen molar-refractivity contribution >= 4 is 23.6 Å². The standard InChI is InChI=1S/C20H18N2O2.C2H6/c23-19-12-17(20(24)21-19)11-15-6-3-4-8-18(15)22-10-9-14-5-1-2-7-16(14)13-22;1-2/h1-8,11H,9-10,12-13H2,(H,21,23,24);1-2H3/b17-11+;. The van der Waals surface area contributed by atoms with Crippen molar-refractivity contribution in [3.05, 3.63) is 70.8 Å². The van der Waals surface area contributed by atoms with Crippen molar-refractivity contribution in [2.24, 2.45) is 0 Å². The molecule has 1 N–H and O–H groups in total. The number of imide groups is 1. The maximum absolute atomic E-state index is 11.8. The Morgan fingerprint density at radius 3 is 2.38 bits per heavy atom. The summed E-state index contributed by atoms with van der Waals surface area (Å²) in [4.78, 5) is 25.6. The first-order chi connectivity index (χ1) is 12.7. The van der Waals surface area contributed by atoms with E-state index in [0.717, 1.165) is 30.8 Å². The fraction of sp³-hybridized carbons (Fsp3) is 0.273. The lowest BCUT2D eigenvalue weighted by atomic mass is 9.98. The van der Waals surface area contributed by atoms with Gasteiger partial charge >= 0.3 is 0 Å². The fourth-order valence-electron chi connectivity index (χ4n) is 3.41. The molecular weight excluding hydrogens is 324 g/mol. The van der Waals surface area contributed by atoms with E-state index in [9.17, 15) is 9.59 Å². The number of carbonyl (C=O) groups excluding carboxylic acids is 2. The van der Waals surface area contributed by atoms with Crippen LogP contribution in [0.2, 0.25) is 0 Å². The lowest BCUT2D eigenvalue weighted by Crippen LogP contribution is -2.30. The molecule has 2 amide bonds. The molecule has 2 aromatic rings. The van der Waals surface area contributed by atoms with Crippen LogP contribution in [0.5, 0.6) is 0 Å². The van der Waals surface area contributed by atoms with Crippen LogP contribution in [0.3, 0.4) is 0 Å². The van der Waals surface area contributed by atoms with E-state index in [0.29, 0.717) is 5.57 Å². The Labute approximate surface area is 154 Å². The van der Waals surface area contributed by atoms with Crippen molar-refractivity contribution in [2.45, 2.75) is 33.2 Å². The molecule has 2 aliphatic rings. The molecule has 1 saturated heterocycles. The third kappa shape index (κ3) is 3.69. The van der Waals surface area contributed by atoms with Crippen LogP contribution in [-0.2, 0) is 22.6 Å². The first-order valence-electron chi connectivity index (χ1n) is 9.16. The number of nitrogens with one attached hydrogen (secondary N) is 1. The number of hydrogen-bond donors (Lipinski definition) is 1. The van der Waals surface area contributed by atoms with E-state index in [1.54, 1.807) is 0 Å². The third-order valence-electron chi connectivity index (χ3n) is 4.63. The molecule has 0 aromatic heterocycles. The summed E-state index contributed by atoms with van der Waals surface area (Å²) in [6, 6.07) is 16.6. The van der Waals surface area contributed by atoms with E-state index in [-0.39, 0.29) is 18.2 Å². The molecule has 134 valence electrons. The second-order valence-corrected chi connectivity index (χ2v) is 6.22. The third-order valence-corrected chi connectivity index (χ3v) is 4.63. The molecule has 0 saturated carbocycles. The predicted molar refractivity (Wildman–Crippen MR) is 105 cm³/mol. The molecule has 0 bridgehead atoms. The molecular formula is C22H24N2O2. The number of anilines is 1. The Morgan fingerprint density at radius 1 is 0.962 bits per heavy atom. The van der Waals surface area contributed by atoms with E-state index in [4.69, 9.17) is 0 Å². The van der Waals surface area contributed by atoms with Gasteiger partial charge in [0.1, 0.15) is 0 Å². The molecule has 0 aliphatic carbocycles.